The first-order valence-electron chi connectivity index (χ1n) is 4.88. The van der Waals surface area contributed by atoms with Crippen LogP contribution in [0.15, 0.2) is 11.4 Å². The number of hydrogen-bond acceptors (Lipinski definition) is 3. The van der Waals surface area contributed by atoms with Crippen molar-refractivity contribution in [3.8, 4) is 0 Å². The van der Waals surface area contributed by atoms with Gasteiger partial charge in [-0.25, -0.2) is 0 Å². The molecule has 2 nitrogen and oxygen atoms in total. The topological polar surface area (TPSA) is 29.3 Å². The van der Waals surface area contributed by atoms with Gasteiger partial charge in [-0.3, -0.25) is 4.90 Å². The Morgan fingerprint density at radius 2 is 2.46 bits per heavy atom. The first-order chi connectivity index (χ1) is 6.40. The van der Waals surface area contributed by atoms with Gasteiger partial charge in [0, 0.05) is 24.5 Å². The molecule has 1 aromatic heterocycles. The normalized spacial score (nSPS) is 18.2. The van der Waals surface area contributed by atoms with E-state index in [-0.39, 0.29) is 0 Å². The number of nitrogens with two attached hydrogens (primary N) is 1. The molecule has 0 aliphatic carbocycles. The van der Waals surface area contributed by atoms with Crippen molar-refractivity contribution in [2.45, 2.75) is 19.4 Å². The third kappa shape index (κ3) is 2.10. The lowest BCUT2D eigenvalue weighted by Gasteiger charge is -2.18. The quantitative estimate of drug-likeness (QED) is 0.776. The summed E-state index contributed by atoms with van der Waals surface area (Å²) >= 11 is 1.90. The molecule has 0 fully saturated rings. The fourth-order valence-electron chi connectivity index (χ4n) is 1.88. The maximum absolute atomic E-state index is 5.57. The summed E-state index contributed by atoms with van der Waals surface area (Å²) in [5.74, 6) is 0. The maximum atomic E-state index is 5.57. The molecule has 0 radical (unpaired) electrons. The van der Waals surface area contributed by atoms with Gasteiger partial charge in [-0.1, -0.05) is 0 Å². The Balaban J connectivity index is 2.07. The Morgan fingerprint density at radius 1 is 1.54 bits per heavy atom. The highest BCUT2D eigenvalue weighted by atomic mass is 32.1. The number of thiophene rings is 1. The Bertz CT molecular complexity index is 270. The molecular weight excluding hydrogens is 180 g/mol. The van der Waals surface area contributed by atoms with E-state index in [2.05, 4.69) is 16.3 Å². The van der Waals surface area contributed by atoms with Gasteiger partial charge in [0.15, 0.2) is 0 Å². The molecule has 0 saturated heterocycles. The van der Waals surface area contributed by atoms with Crippen molar-refractivity contribution in [2.24, 2.45) is 5.73 Å². The summed E-state index contributed by atoms with van der Waals surface area (Å²) in [7, 11) is 0. The van der Waals surface area contributed by atoms with Crippen LogP contribution in [-0.4, -0.2) is 24.5 Å². The first kappa shape index (κ1) is 9.19. The second-order valence-electron chi connectivity index (χ2n) is 3.54. The Hall–Kier alpha value is -0.380. The van der Waals surface area contributed by atoms with Crippen molar-refractivity contribution >= 4 is 11.3 Å². The number of fused-ring (bicyclic) bond motifs is 1. The smallest absolute Gasteiger partial charge is 0.0245 e. The molecule has 3 heteroatoms. The Morgan fingerprint density at radius 3 is 3.31 bits per heavy atom. The molecule has 0 saturated carbocycles. The second-order valence-corrected chi connectivity index (χ2v) is 4.54. The van der Waals surface area contributed by atoms with Crippen molar-refractivity contribution in [3.63, 3.8) is 0 Å². The zero-order chi connectivity index (χ0) is 9.10. The van der Waals surface area contributed by atoms with Crippen LogP contribution in [0, 0.1) is 0 Å². The lowest BCUT2D eigenvalue weighted by Crippen LogP contribution is -2.29. The van der Waals surface area contributed by atoms with E-state index in [0.29, 0.717) is 0 Å². The summed E-state index contributed by atoms with van der Waals surface area (Å²) in [4.78, 5) is 4.04. The molecule has 13 heavy (non-hydrogen) atoms. The minimum Gasteiger partial charge on any atom is -0.329 e. The van der Waals surface area contributed by atoms with Crippen LogP contribution in [0.2, 0.25) is 0 Å². The van der Waals surface area contributed by atoms with E-state index in [4.69, 9.17) is 5.73 Å². The molecule has 1 aliphatic heterocycles. The van der Waals surface area contributed by atoms with Crippen molar-refractivity contribution in [1.29, 1.82) is 0 Å². The summed E-state index contributed by atoms with van der Waals surface area (Å²) in [6.07, 6.45) is 2.54. The van der Waals surface area contributed by atoms with E-state index in [9.17, 15) is 0 Å². The van der Waals surface area contributed by atoms with E-state index in [1.807, 2.05) is 11.3 Å². The summed E-state index contributed by atoms with van der Waals surface area (Å²) < 4.78 is 0. The molecule has 0 spiro atoms. The maximum Gasteiger partial charge on any atom is 0.0245 e. The van der Waals surface area contributed by atoms with Crippen LogP contribution in [-0.2, 0) is 13.0 Å². The van der Waals surface area contributed by atoms with Crippen LogP contribution in [0.25, 0.3) is 0 Å². The molecule has 2 N–H and O–H groups in total. The van der Waals surface area contributed by atoms with Crippen molar-refractivity contribution in [2.75, 3.05) is 19.6 Å². The highest BCUT2D eigenvalue weighted by Crippen LogP contribution is 2.23. The third-order valence-electron chi connectivity index (χ3n) is 2.56. The van der Waals surface area contributed by atoms with Crippen molar-refractivity contribution in [1.82, 2.24) is 4.90 Å². The molecular formula is C10H16N2S. The highest BCUT2D eigenvalue weighted by Gasteiger charge is 2.13. The van der Waals surface area contributed by atoms with E-state index in [1.54, 1.807) is 4.88 Å². The van der Waals surface area contributed by atoms with Crippen LogP contribution in [0.5, 0.6) is 0 Å². The molecule has 2 heterocycles. The van der Waals surface area contributed by atoms with Crippen LogP contribution >= 0.6 is 11.3 Å². The van der Waals surface area contributed by atoms with E-state index in [1.165, 1.54) is 24.9 Å². The predicted octanol–water partition coefficient (Wildman–Crippen LogP) is 1.45. The summed E-state index contributed by atoms with van der Waals surface area (Å²) in [6, 6.07) is 2.26. The lowest BCUT2D eigenvalue weighted by molar-refractivity contribution is 0.277. The third-order valence-corrected chi connectivity index (χ3v) is 3.58. The fourth-order valence-corrected chi connectivity index (χ4v) is 2.83. The van der Waals surface area contributed by atoms with Crippen LogP contribution in [0.4, 0.5) is 0 Å². The zero-order valence-electron chi connectivity index (χ0n) is 7.83. The van der Waals surface area contributed by atoms with E-state index < -0.39 is 0 Å². The van der Waals surface area contributed by atoms with Crippen LogP contribution in [0.3, 0.4) is 0 Å². The van der Waals surface area contributed by atoms with Gasteiger partial charge in [0.05, 0.1) is 0 Å². The molecule has 0 aromatic carbocycles. The average molecular weight is 196 g/mol. The van der Waals surface area contributed by atoms with Gasteiger partial charge < -0.3 is 5.73 Å². The monoisotopic (exact) mass is 196 g/mol. The predicted molar refractivity (Wildman–Crippen MR) is 57.0 cm³/mol. The van der Waals surface area contributed by atoms with Gasteiger partial charge in [0.25, 0.3) is 0 Å². The molecule has 0 amide bonds. The van der Waals surface area contributed by atoms with Gasteiger partial charge in [-0.2, -0.15) is 0 Å². The van der Waals surface area contributed by atoms with Gasteiger partial charge in [0.2, 0.25) is 0 Å². The minimum atomic E-state index is 0.777. The SMILES string of the molecule is NCCN1CCCc2sccc2C1. The molecule has 1 aliphatic rings. The van der Waals surface area contributed by atoms with Crippen molar-refractivity contribution < 1.29 is 0 Å². The standard InChI is InChI=1S/C10H16N2S/c11-4-6-12-5-1-2-10-9(8-12)3-7-13-10/h3,7H,1-2,4-6,8,11H2. The number of hydrogen-bond donors (Lipinski definition) is 1. The van der Waals surface area contributed by atoms with Crippen molar-refractivity contribution in [3.05, 3.63) is 21.9 Å². The lowest BCUT2D eigenvalue weighted by atomic mass is 10.2. The zero-order valence-corrected chi connectivity index (χ0v) is 8.65. The number of aryl methyl sites for hydroxylation is 1. The van der Waals surface area contributed by atoms with Crippen LogP contribution < -0.4 is 5.73 Å². The number of nitrogens with zero attached hydrogens (tertiary/aromatic N) is 1. The average Bonchev–Trinajstić information content (AvgIpc) is 2.46. The molecule has 0 atom stereocenters. The second kappa shape index (κ2) is 4.22. The molecule has 0 bridgehead atoms. The number of rotatable bonds is 2. The minimum absolute atomic E-state index is 0.777. The molecule has 72 valence electrons. The largest absolute Gasteiger partial charge is 0.329 e. The molecule has 2 rings (SSSR count). The van der Waals surface area contributed by atoms with Gasteiger partial charge in [-0.05, 0) is 36.4 Å². The molecule has 1 aromatic rings. The van der Waals surface area contributed by atoms with Crippen LogP contribution in [0.1, 0.15) is 16.9 Å². The van der Waals surface area contributed by atoms with E-state index in [0.717, 1.165) is 19.6 Å². The summed E-state index contributed by atoms with van der Waals surface area (Å²) in [6.45, 7) is 4.13. The highest BCUT2D eigenvalue weighted by molar-refractivity contribution is 7.10. The Kier molecular flexibility index (Phi) is 2.98. The van der Waals surface area contributed by atoms with Gasteiger partial charge in [-0.15, -0.1) is 11.3 Å². The molecule has 0 unspecified atom stereocenters. The Labute approximate surface area is 83.4 Å². The summed E-state index contributed by atoms with van der Waals surface area (Å²) in [5, 5.41) is 2.20. The van der Waals surface area contributed by atoms with Gasteiger partial charge in [0.1, 0.15) is 0 Å². The summed E-state index contributed by atoms with van der Waals surface area (Å²) in [5.41, 5.74) is 7.09. The van der Waals surface area contributed by atoms with E-state index >= 15 is 0 Å². The first-order valence-corrected chi connectivity index (χ1v) is 5.76. The fraction of sp³-hybridized carbons (Fsp3) is 0.600. The van der Waals surface area contributed by atoms with Gasteiger partial charge >= 0.3 is 0 Å².